The van der Waals surface area contributed by atoms with Crippen LogP contribution in [0.15, 0.2) is 434 Å². The Kier molecular flexibility index (Phi) is 42.1. The second-order valence-electron chi connectivity index (χ2n) is 14.8. The Morgan fingerprint density at radius 1 is 0.454 bits per heavy atom. The number of halogens is 3. The van der Waals surface area contributed by atoms with Gasteiger partial charge in [-0.2, -0.15) is 13.2 Å². The zero-order valence-corrected chi connectivity index (χ0v) is 50.3. The molecule has 0 atom stereocenters. The quantitative estimate of drug-likeness (QED) is 0.312. The molecule has 2 heterocycles. The number of nitrogens with zero attached hydrogens (tertiary/aromatic N) is 3. The number of hydrogen-bond donors (Lipinski definition) is 1. The summed E-state index contributed by atoms with van der Waals surface area (Å²) < 4.78 is 46.2. The van der Waals surface area contributed by atoms with Crippen LogP contribution in [0.4, 0.5) is 23.7 Å². The molecule has 0 bridgehead atoms. The number of hydrogen-bond acceptors (Lipinski definition) is 3. The predicted molar refractivity (Wildman–Crippen MR) is 346 cm³/mol. The van der Waals surface area contributed by atoms with Crippen molar-refractivity contribution >= 4 is 23.4 Å². The first kappa shape index (κ1) is 74.9. The Morgan fingerprint density at radius 3 is 0.907 bits per heavy atom. The molecule has 0 radical (unpaired) electrons. The van der Waals surface area contributed by atoms with Gasteiger partial charge in [0.1, 0.15) is 12.3 Å². The van der Waals surface area contributed by atoms with Crippen LogP contribution in [0.2, 0.25) is 0 Å². The largest absolute Gasteiger partial charge is 0.493 e. The minimum absolute atomic E-state index is 0.142. The second-order valence-corrected chi connectivity index (χ2v) is 14.8. The maximum atomic E-state index is 12.9. The summed E-state index contributed by atoms with van der Waals surface area (Å²) in [7, 11) is 3.14. The van der Waals surface area contributed by atoms with E-state index in [-0.39, 0.29) is 5.69 Å². The summed E-state index contributed by atoms with van der Waals surface area (Å²) in [4.78, 5) is 16.9. The van der Waals surface area contributed by atoms with E-state index in [1.54, 1.807) is 23.0 Å². The average molecular weight is 1230 g/mol. The van der Waals surface area contributed by atoms with Gasteiger partial charge in [0.05, 0.1) is 18.6 Å². The van der Waals surface area contributed by atoms with Gasteiger partial charge < -0.3 is 14.6 Å². The number of carbonyl (C=O) groups is 1. The van der Waals surface area contributed by atoms with Crippen molar-refractivity contribution in [3.63, 3.8) is 0 Å². The molecule has 0 saturated carbocycles. The van der Waals surface area contributed by atoms with Gasteiger partial charge in [-0.1, -0.05) is 11.5 Å². The number of anilines is 1. The van der Waals surface area contributed by atoms with Crippen LogP contribution in [0.25, 0.3) is 11.6 Å². The average Bonchev–Trinajstić information content (AvgIpc) is 1.14. The highest BCUT2D eigenvalue weighted by Crippen LogP contribution is 2.37. The predicted octanol–water partition coefficient (Wildman–Crippen LogP) is 14.8. The summed E-state index contributed by atoms with van der Waals surface area (Å²) >= 11 is 0. The number of aromatic nitrogens is 2. The number of rotatable bonds is 3. The van der Waals surface area contributed by atoms with E-state index in [2.05, 4.69) is 413 Å². The molecule has 428 valence electrons. The molecular formula is C88H23F3N4O2. The molecule has 1 aliphatic heterocycles. The molecule has 0 unspecified atom stereocenters. The van der Waals surface area contributed by atoms with Crippen LogP contribution < -0.4 is 15.0 Å². The van der Waals surface area contributed by atoms with E-state index in [0.717, 1.165) is 11.3 Å². The summed E-state index contributed by atoms with van der Waals surface area (Å²) in [6.07, 6.45) is 1.45. The molecule has 3 rings (SSSR count). The molecule has 1 aromatic carbocycles. The topological polar surface area (TPSA) is 59.4 Å². The first-order valence-electron chi connectivity index (χ1n) is 25.7. The van der Waals surface area contributed by atoms with E-state index in [1.807, 2.05) is 19.3 Å². The molecular weight excluding hydrogens is 1200 g/mol. The molecule has 0 fully saturated rings. The molecule has 2 amide bonds. The lowest BCUT2D eigenvalue weighted by atomic mass is 9.98. The van der Waals surface area contributed by atoms with Gasteiger partial charge >= 0.3 is 12.2 Å². The Morgan fingerprint density at radius 2 is 0.701 bits per heavy atom. The standard InChI is InChI=1S/C70H4.C18H19F3N4O2/c1-3-5-7-9-11-13-15-17-19-21-23-25-27-29-31-33-35-37-39-41-43-45-47-49-51-53-55-57-59-61-63-65-67-69-70-68-66-64-62-60-58-56-54-52-50-48-46-44-42-40-38-36-34-32-30-28-26-24-22-20-18-16-14-12-10-8-6-4-2;1-22-17(26)25(10-18(19,20)21)14-3-4-16-15(8-14)12(5-6-27-16)7-13-9-24(2)11-23-13/h1-2H2;3-4,7-9,11H,5-6,10H2,1-2H3,(H,22,26)/b;12-7+. The highest BCUT2D eigenvalue weighted by atomic mass is 19.4. The fourth-order valence-corrected chi connectivity index (χ4v) is 4.99. The number of amides is 2. The van der Waals surface area contributed by atoms with Gasteiger partial charge in [-0.25, -0.2) is 9.78 Å². The summed E-state index contributed by atoms with van der Waals surface area (Å²) in [6, 6.07) is 3.75. The van der Waals surface area contributed by atoms with E-state index < -0.39 is 18.8 Å². The number of benzene rings is 1. The second kappa shape index (κ2) is 54.5. The van der Waals surface area contributed by atoms with Gasteiger partial charge in [0, 0.05) is 325 Å². The van der Waals surface area contributed by atoms with Gasteiger partial charge in [0.2, 0.25) is 0 Å². The number of urea groups is 1. The van der Waals surface area contributed by atoms with Crippen molar-refractivity contribution in [2.24, 2.45) is 7.05 Å². The SMILES string of the molecule is C=C=C=C=C=C=C=C=C=C=C=C=C=C=C=C=C=C=C=C=C=C=C=C=C=C=C=C=C=C=C=C=C=C=C=C=C=C=C=C=C=C=C=C=C=C=C=C=C=C=C=C=C=C=C=C=C=C=C=C=C=C=C=C=C=C=C=C=C=C.CNC(=O)N(CC(F)(F)F)c1ccc2c(c1)/C(=C/c1cn(C)cn1)CCO2. The highest BCUT2D eigenvalue weighted by Gasteiger charge is 2.34. The van der Waals surface area contributed by atoms with Crippen molar-refractivity contribution in [2.45, 2.75) is 12.6 Å². The van der Waals surface area contributed by atoms with Crippen molar-refractivity contribution in [2.75, 3.05) is 25.1 Å². The lowest BCUT2D eigenvalue weighted by molar-refractivity contribution is -0.118. The minimum Gasteiger partial charge on any atom is -0.493 e. The third kappa shape index (κ3) is 44.9. The normalized spacial score (nSPS) is 7.08. The molecule has 1 N–H and O–H groups in total. The van der Waals surface area contributed by atoms with Gasteiger partial charge in [-0.05, 0) is 135 Å². The lowest BCUT2D eigenvalue weighted by Gasteiger charge is -2.26. The van der Waals surface area contributed by atoms with Crippen LogP contribution in [-0.2, 0) is 7.05 Å². The van der Waals surface area contributed by atoms with Crippen molar-refractivity contribution in [1.29, 1.82) is 0 Å². The number of imidazole rings is 1. The summed E-state index contributed by atoms with van der Waals surface area (Å²) in [6.45, 7) is 5.71. The van der Waals surface area contributed by atoms with Crippen LogP contribution in [0, 0.1) is 0 Å². The fourth-order valence-electron chi connectivity index (χ4n) is 4.99. The van der Waals surface area contributed by atoms with Crippen molar-refractivity contribution in [3.8, 4) is 5.75 Å². The van der Waals surface area contributed by atoms with Gasteiger partial charge in [0.25, 0.3) is 0 Å². The summed E-state index contributed by atoms with van der Waals surface area (Å²) in [5.74, 6) is 0.566. The highest BCUT2D eigenvalue weighted by molar-refractivity contribution is 5.94. The smallest absolute Gasteiger partial charge is 0.406 e. The maximum Gasteiger partial charge on any atom is 0.406 e. The van der Waals surface area contributed by atoms with E-state index in [0.29, 0.717) is 29.2 Å². The first-order valence-corrected chi connectivity index (χ1v) is 25.7. The Balaban J connectivity index is 0.000000970. The Labute approximate surface area is 553 Å². The zero-order chi connectivity index (χ0) is 69.7. The van der Waals surface area contributed by atoms with Gasteiger partial charge in [-0.15, -0.1) is 0 Å². The minimum atomic E-state index is -4.52. The third-order valence-corrected chi connectivity index (χ3v) is 8.33. The Hall–Kier alpha value is -18.2. The van der Waals surface area contributed by atoms with Crippen molar-refractivity contribution in [3.05, 3.63) is 445 Å². The van der Waals surface area contributed by atoms with Crippen LogP contribution in [0.3, 0.4) is 0 Å². The van der Waals surface area contributed by atoms with Crippen molar-refractivity contribution in [1.82, 2.24) is 14.9 Å². The molecule has 97 heavy (non-hydrogen) atoms. The van der Waals surface area contributed by atoms with Crippen LogP contribution in [0.5, 0.6) is 5.75 Å². The number of ether oxygens (including phenoxy) is 1. The Bertz CT molecular complexity index is 6300. The first-order chi connectivity index (χ1) is 47.7. The van der Waals surface area contributed by atoms with Crippen LogP contribution >= 0.6 is 0 Å². The number of carbonyl (C=O) groups excluding carboxylic acids is 1. The fraction of sp³-hybridized carbons (Fsp3) is 0.0682. The maximum absolute atomic E-state index is 12.9. The lowest BCUT2D eigenvalue weighted by Crippen LogP contribution is -2.43. The third-order valence-electron chi connectivity index (χ3n) is 8.33. The monoisotopic (exact) mass is 1220 g/mol. The number of nitrogens with one attached hydrogen (secondary N) is 1. The van der Waals surface area contributed by atoms with E-state index in [4.69, 9.17) is 4.74 Å². The molecule has 0 spiro atoms. The van der Waals surface area contributed by atoms with E-state index >= 15 is 0 Å². The molecule has 1 aromatic heterocycles. The van der Waals surface area contributed by atoms with E-state index in [9.17, 15) is 18.0 Å². The number of aryl methyl sites for hydroxylation is 1. The van der Waals surface area contributed by atoms with Crippen LogP contribution in [-0.4, -0.2) is 42.0 Å². The molecule has 6 nitrogen and oxygen atoms in total. The summed E-state index contributed by atoms with van der Waals surface area (Å²) in [5, 5.41) is 2.25. The summed E-state index contributed by atoms with van der Waals surface area (Å²) in [5.41, 5.74) is 172. The van der Waals surface area contributed by atoms with Gasteiger partial charge in [0.15, 0.2) is 0 Å². The van der Waals surface area contributed by atoms with Crippen molar-refractivity contribution < 1.29 is 22.7 Å². The molecule has 1 aliphatic rings. The zero-order valence-electron chi connectivity index (χ0n) is 50.3. The number of fused-ring (bicyclic) bond motifs is 1. The van der Waals surface area contributed by atoms with Gasteiger partial charge in [-0.3, -0.25) is 4.90 Å². The van der Waals surface area contributed by atoms with Crippen LogP contribution in [0.1, 0.15) is 17.7 Å². The molecule has 0 aliphatic carbocycles. The molecule has 2 aromatic rings. The molecule has 0 saturated heterocycles. The molecule has 9 heteroatoms. The number of alkyl halides is 3. The van der Waals surface area contributed by atoms with E-state index in [1.165, 1.54) is 13.1 Å².